The van der Waals surface area contributed by atoms with Crippen LogP contribution in [-0.4, -0.2) is 38.7 Å². The van der Waals surface area contributed by atoms with E-state index in [0.29, 0.717) is 23.8 Å². The number of likely N-dealkylation sites (tertiary alicyclic amines) is 1. The fourth-order valence-electron chi connectivity index (χ4n) is 4.69. The van der Waals surface area contributed by atoms with E-state index in [9.17, 15) is 4.79 Å². The van der Waals surface area contributed by atoms with Crippen molar-refractivity contribution in [3.63, 3.8) is 0 Å². The van der Waals surface area contributed by atoms with Gasteiger partial charge in [0.25, 0.3) is 0 Å². The Morgan fingerprint density at radius 1 is 1.31 bits per heavy atom. The van der Waals surface area contributed by atoms with E-state index in [4.69, 9.17) is 12.2 Å². The first-order valence-electron chi connectivity index (χ1n) is 9.91. The Balaban J connectivity index is 1.50. The average Bonchev–Trinajstić information content (AvgIpc) is 3.46. The topological polar surface area (TPSA) is 53.9 Å². The Labute approximate surface area is 160 Å². The summed E-state index contributed by atoms with van der Waals surface area (Å²) in [5, 5.41) is 7.52. The van der Waals surface area contributed by atoms with Crippen molar-refractivity contribution in [3.8, 4) is 0 Å². The van der Waals surface area contributed by atoms with Crippen LogP contribution in [0.4, 0.5) is 0 Å². The van der Waals surface area contributed by atoms with Gasteiger partial charge in [-0.1, -0.05) is 25.5 Å². The number of aromatic nitrogens is 3. The van der Waals surface area contributed by atoms with Gasteiger partial charge in [-0.05, 0) is 63.1 Å². The van der Waals surface area contributed by atoms with Gasteiger partial charge < -0.3 is 9.47 Å². The van der Waals surface area contributed by atoms with Gasteiger partial charge in [0.15, 0.2) is 4.77 Å². The quantitative estimate of drug-likeness (QED) is 0.634. The molecule has 1 aromatic rings. The van der Waals surface area contributed by atoms with Crippen molar-refractivity contribution in [2.24, 2.45) is 17.3 Å². The second-order valence-electron chi connectivity index (χ2n) is 9.18. The normalized spacial score (nSPS) is 30.2. The highest BCUT2D eigenvalue weighted by Gasteiger charge is 2.61. The zero-order valence-corrected chi connectivity index (χ0v) is 17.1. The number of nitrogens with zero attached hydrogens (tertiary/aromatic N) is 3. The van der Waals surface area contributed by atoms with Gasteiger partial charge in [0, 0.05) is 25.0 Å². The summed E-state index contributed by atoms with van der Waals surface area (Å²) in [6.45, 7) is 10.3. The molecule has 1 aliphatic heterocycles. The predicted molar refractivity (Wildman–Crippen MR) is 104 cm³/mol. The van der Waals surface area contributed by atoms with E-state index < -0.39 is 0 Å². The first kappa shape index (κ1) is 18.0. The number of nitrogens with one attached hydrogen (secondary N) is 1. The van der Waals surface area contributed by atoms with E-state index in [-0.39, 0.29) is 11.3 Å². The van der Waals surface area contributed by atoms with Crippen LogP contribution in [0.3, 0.4) is 0 Å². The second-order valence-corrected chi connectivity index (χ2v) is 9.57. The van der Waals surface area contributed by atoms with Crippen LogP contribution in [0.25, 0.3) is 0 Å². The molecule has 142 valence electrons. The number of piperidine rings is 1. The van der Waals surface area contributed by atoms with Crippen molar-refractivity contribution in [2.75, 3.05) is 13.1 Å². The van der Waals surface area contributed by atoms with Gasteiger partial charge in [0.1, 0.15) is 5.82 Å². The molecule has 1 N–H and O–H groups in total. The Morgan fingerprint density at radius 3 is 2.69 bits per heavy atom. The SMILES string of the molecule is CC(C)=C[C@@H]1[C@H](C(=O)N2CCC[C@@H](c3n[nH]c(=S)n3C3CC3)C2)C1(C)C. The van der Waals surface area contributed by atoms with Crippen LogP contribution in [0.15, 0.2) is 11.6 Å². The lowest BCUT2D eigenvalue weighted by Crippen LogP contribution is -2.41. The Kier molecular flexibility index (Phi) is 4.37. The lowest BCUT2D eigenvalue weighted by atomic mass is 9.96. The van der Waals surface area contributed by atoms with E-state index in [1.807, 2.05) is 0 Å². The molecule has 3 aliphatic rings. The third-order valence-electron chi connectivity index (χ3n) is 6.43. The molecule has 6 heteroatoms. The summed E-state index contributed by atoms with van der Waals surface area (Å²) in [5.41, 5.74) is 1.38. The summed E-state index contributed by atoms with van der Waals surface area (Å²) in [4.78, 5) is 15.3. The van der Waals surface area contributed by atoms with Crippen LogP contribution < -0.4 is 0 Å². The standard InChI is InChI=1S/C20H30N4OS/c1-12(2)10-15-16(20(15,3)4)18(25)23-9-5-6-13(11-23)17-21-22-19(26)24(17)14-7-8-14/h10,13-16H,5-9,11H2,1-4H3,(H,22,26)/t13-,15-,16-/m1/s1. The summed E-state index contributed by atoms with van der Waals surface area (Å²) in [7, 11) is 0. The molecule has 0 spiro atoms. The highest BCUT2D eigenvalue weighted by atomic mass is 32.1. The summed E-state index contributed by atoms with van der Waals surface area (Å²) in [5.74, 6) is 2.19. The van der Waals surface area contributed by atoms with Gasteiger partial charge in [-0.25, -0.2) is 0 Å². The lowest BCUT2D eigenvalue weighted by molar-refractivity contribution is -0.134. The maximum atomic E-state index is 13.2. The van der Waals surface area contributed by atoms with Crippen LogP contribution in [0.5, 0.6) is 0 Å². The molecule has 2 aliphatic carbocycles. The third kappa shape index (κ3) is 3.06. The Hall–Kier alpha value is -1.43. The van der Waals surface area contributed by atoms with E-state index in [0.717, 1.165) is 36.5 Å². The molecule has 4 rings (SSSR count). The summed E-state index contributed by atoms with van der Waals surface area (Å²) in [6.07, 6.45) is 6.79. The van der Waals surface area contributed by atoms with Gasteiger partial charge in [0.2, 0.25) is 5.91 Å². The molecular formula is C20H30N4OS. The van der Waals surface area contributed by atoms with Gasteiger partial charge >= 0.3 is 0 Å². The largest absolute Gasteiger partial charge is 0.342 e. The van der Waals surface area contributed by atoms with Crippen LogP contribution in [-0.2, 0) is 4.79 Å². The molecule has 2 saturated carbocycles. The molecule has 0 aromatic carbocycles. The molecule has 5 nitrogen and oxygen atoms in total. The molecule has 2 heterocycles. The molecule has 1 saturated heterocycles. The van der Waals surface area contributed by atoms with Crippen molar-refractivity contribution in [1.29, 1.82) is 0 Å². The molecule has 0 unspecified atom stereocenters. The Morgan fingerprint density at radius 2 is 2.04 bits per heavy atom. The number of hydrogen-bond acceptors (Lipinski definition) is 3. The number of amides is 1. The maximum Gasteiger partial charge on any atom is 0.226 e. The number of allylic oxidation sites excluding steroid dienone is 2. The smallest absolute Gasteiger partial charge is 0.226 e. The van der Waals surface area contributed by atoms with E-state index >= 15 is 0 Å². The number of carbonyl (C=O) groups is 1. The first-order valence-corrected chi connectivity index (χ1v) is 10.3. The molecule has 1 amide bonds. The van der Waals surface area contributed by atoms with Crippen molar-refractivity contribution in [1.82, 2.24) is 19.7 Å². The zero-order valence-electron chi connectivity index (χ0n) is 16.3. The van der Waals surface area contributed by atoms with E-state index in [1.165, 1.54) is 18.4 Å². The van der Waals surface area contributed by atoms with E-state index in [2.05, 4.69) is 53.4 Å². The second kappa shape index (κ2) is 6.32. The van der Waals surface area contributed by atoms with Crippen molar-refractivity contribution in [3.05, 3.63) is 22.2 Å². The van der Waals surface area contributed by atoms with Gasteiger partial charge in [0.05, 0.1) is 5.92 Å². The fourth-order valence-corrected chi connectivity index (χ4v) is 4.98. The van der Waals surface area contributed by atoms with Crippen LogP contribution in [0.2, 0.25) is 0 Å². The molecule has 26 heavy (non-hydrogen) atoms. The number of aromatic amines is 1. The maximum absolute atomic E-state index is 13.2. The third-order valence-corrected chi connectivity index (χ3v) is 6.72. The minimum Gasteiger partial charge on any atom is -0.342 e. The minimum atomic E-state index is 0.0787. The number of H-pyrrole nitrogens is 1. The molecule has 1 aromatic heterocycles. The number of hydrogen-bond donors (Lipinski definition) is 1. The molecular weight excluding hydrogens is 344 g/mol. The predicted octanol–water partition coefficient (Wildman–Crippen LogP) is 4.22. The lowest BCUT2D eigenvalue weighted by Gasteiger charge is -2.33. The summed E-state index contributed by atoms with van der Waals surface area (Å²) < 4.78 is 2.94. The number of carbonyl (C=O) groups excluding carboxylic acids is 1. The summed E-state index contributed by atoms with van der Waals surface area (Å²) >= 11 is 5.43. The average molecular weight is 375 g/mol. The first-order chi connectivity index (χ1) is 12.3. The monoisotopic (exact) mass is 374 g/mol. The van der Waals surface area contributed by atoms with Crippen LogP contribution in [0, 0.1) is 22.0 Å². The van der Waals surface area contributed by atoms with Gasteiger partial charge in [-0.15, -0.1) is 0 Å². The van der Waals surface area contributed by atoms with Crippen molar-refractivity contribution >= 4 is 18.1 Å². The Bertz CT molecular complexity index is 797. The van der Waals surface area contributed by atoms with Gasteiger partial charge in [-0.2, -0.15) is 5.10 Å². The van der Waals surface area contributed by atoms with Crippen LogP contribution >= 0.6 is 12.2 Å². The minimum absolute atomic E-state index is 0.0787. The number of rotatable bonds is 4. The summed E-state index contributed by atoms with van der Waals surface area (Å²) in [6, 6.07) is 0.520. The molecule has 3 fully saturated rings. The highest BCUT2D eigenvalue weighted by Crippen LogP contribution is 2.60. The fraction of sp³-hybridized carbons (Fsp3) is 0.750. The molecule has 3 atom stereocenters. The highest BCUT2D eigenvalue weighted by molar-refractivity contribution is 7.71. The van der Waals surface area contributed by atoms with Crippen LogP contribution in [0.1, 0.15) is 71.2 Å². The van der Waals surface area contributed by atoms with E-state index in [1.54, 1.807) is 0 Å². The van der Waals surface area contributed by atoms with Gasteiger partial charge in [-0.3, -0.25) is 9.89 Å². The zero-order chi connectivity index (χ0) is 18.6. The van der Waals surface area contributed by atoms with Crippen molar-refractivity contribution < 1.29 is 4.79 Å². The molecule has 0 bridgehead atoms. The molecule has 0 radical (unpaired) electrons. The van der Waals surface area contributed by atoms with Crippen molar-refractivity contribution in [2.45, 2.75) is 65.3 Å².